The number of aliphatic imine (C=N–C) groups is 1. The van der Waals surface area contributed by atoms with Gasteiger partial charge in [0, 0.05) is 51.2 Å². The van der Waals surface area contributed by atoms with Crippen molar-refractivity contribution in [3.8, 4) is 0 Å². The van der Waals surface area contributed by atoms with Gasteiger partial charge in [0.2, 0.25) is 5.95 Å². The minimum atomic E-state index is -4.51. The third-order valence-electron chi connectivity index (χ3n) is 4.88. The summed E-state index contributed by atoms with van der Waals surface area (Å²) in [5, 5.41) is 9.23. The first-order valence-electron chi connectivity index (χ1n) is 9.97. The predicted octanol–water partition coefficient (Wildman–Crippen LogP) is 2.88. The van der Waals surface area contributed by atoms with Gasteiger partial charge in [0.15, 0.2) is 5.96 Å². The summed E-state index contributed by atoms with van der Waals surface area (Å²) in [5.74, 6) is 0.284. The molecule has 1 aliphatic rings. The van der Waals surface area contributed by atoms with E-state index in [1.807, 2.05) is 6.07 Å². The third kappa shape index (κ3) is 6.69. The molecule has 0 saturated carbocycles. The molecule has 3 rings (SSSR count). The first kappa shape index (κ1) is 22.6. The molecule has 0 radical (unpaired) electrons. The Bertz CT molecular complexity index is 880. The van der Waals surface area contributed by atoms with Crippen molar-refractivity contribution >= 4 is 17.6 Å². The fraction of sp³-hybridized carbons (Fsp3) is 0.450. The summed E-state index contributed by atoms with van der Waals surface area (Å²) in [6.07, 6.45) is -1.70. The second kappa shape index (κ2) is 10.3. The van der Waals surface area contributed by atoms with Gasteiger partial charge in [-0.2, -0.15) is 13.2 Å². The molecule has 11 heteroatoms. The molecule has 168 valence electrons. The van der Waals surface area contributed by atoms with E-state index in [-0.39, 0.29) is 17.8 Å². The summed E-state index contributed by atoms with van der Waals surface area (Å²) < 4.78 is 51.5. The van der Waals surface area contributed by atoms with E-state index in [2.05, 4.69) is 35.8 Å². The minimum Gasteiger partial charge on any atom is -0.371 e. The van der Waals surface area contributed by atoms with E-state index in [1.54, 1.807) is 13.1 Å². The molecule has 0 spiro atoms. The van der Waals surface area contributed by atoms with Crippen molar-refractivity contribution in [1.29, 1.82) is 0 Å². The number of alkyl halides is 3. The zero-order valence-corrected chi connectivity index (χ0v) is 17.1. The Balaban J connectivity index is 1.39. The summed E-state index contributed by atoms with van der Waals surface area (Å²) in [6.45, 7) is 2.33. The van der Waals surface area contributed by atoms with Crippen molar-refractivity contribution in [3.05, 3.63) is 48.0 Å². The van der Waals surface area contributed by atoms with Gasteiger partial charge in [-0.25, -0.2) is 14.4 Å². The van der Waals surface area contributed by atoms with E-state index >= 15 is 0 Å². The topological polar surface area (TPSA) is 77.5 Å². The molecule has 0 unspecified atom stereocenters. The summed E-state index contributed by atoms with van der Waals surface area (Å²) >= 11 is 0. The molecule has 1 saturated heterocycles. The van der Waals surface area contributed by atoms with Crippen LogP contribution in [0.25, 0.3) is 0 Å². The third-order valence-corrected chi connectivity index (χ3v) is 4.88. The monoisotopic (exact) mass is 439 g/mol. The molecule has 1 fully saturated rings. The van der Waals surface area contributed by atoms with Gasteiger partial charge in [0.25, 0.3) is 0 Å². The van der Waals surface area contributed by atoms with Crippen molar-refractivity contribution in [2.24, 2.45) is 4.99 Å². The average molecular weight is 439 g/mol. The molecule has 0 amide bonds. The van der Waals surface area contributed by atoms with Gasteiger partial charge in [-0.1, -0.05) is 6.07 Å². The van der Waals surface area contributed by atoms with Crippen LogP contribution in [-0.2, 0) is 6.18 Å². The van der Waals surface area contributed by atoms with Crippen molar-refractivity contribution in [1.82, 2.24) is 20.6 Å². The fourth-order valence-electron chi connectivity index (χ4n) is 3.30. The first-order valence-corrected chi connectivity index (χ1v) is 9.97. The van der Waals surface area contributed by atoms with Crippen LogP contribution in [0.15, 0.2) is 41.5 Å². The number of guanidine groups is 1. The van der Waals surface area contributed by atoms with Crippen molar-refractivity contribution < 1.29 is 17.6 Å². The Labute approximate surface area is 178 Å². The maximum atomic E-state index is 13.4. The van der Waals surface area contributed by atoms with E-state index in [0.717, 1.165) is 43.9 Å². The van der Waals surface area contributed by atoms with Gasteiger partial charge in [-0.15, -0.1) is 0 Å². The Morgan fingerprint density at radius 1 is 1.19 bits per heavy atom. The number of nitrogens with zero attached hydrogens (tertiary/aromatic N) is 4. The molecule has 1 aliphatic heterocycles. The van der Waals surface area contributed by atoms with E-state index in [1.165, 1.54) is 12.1 Å². The molecule has 0 bridgehead atoms. The lowest BCUT2D eigenvalue weighted by Crippen LogP contribution is -2.49. The van der Waals surface area contributed by atoms with Gasteiger partial charge in [0.1, 0.15) is 11.5 Å². The number of piperidine rings is 1. The van der Waals surface area contributed by atoms with E-state index in [4.69, 9.17) is 0 Å². The standard InChI is InChI=1S/C20H25F4N7/c1-25-18(27-9-10-28-19-26-8-5-17(30-19)20(22,23)24)29-15-6-11-31(12-7-15)16-4-2-3-14(21)13-16/h2-5,8,13,15H,6-7,9-12H2,1H3,(H2,25,27,29)(H,26,28,30). The molecule has 1 aromatic carbocycles. The highest BCUT2D eigenvalue weighted by Gasteiger charge is 2.32. The highest BCUT2D eigenvalue weighted by atomic mass is 19.4. The van der Waals surface area contributed by atoms with Gasteiger partial charge in [-0.05, 0) is 37.1 Å². The smallest absolute Gasteiger partial charge is 0.371 e. The SMILES string of the molecule is CN=C(NCCNc1nccc(C(F)(F)F)n1)NC1CCN(c2cccc(F)c2)CC1. The van der Waals surface area contributed by atoms with Crippen molar-refractivity contribution in [2.75, 3.05) is 43.4 Å². The quantitative estimate of drug-likeness (QED) is 0.278. The number of aromatic nitrogens is 2. The molecule has 31 heavy (non-hydrogen) atoms. The van der Waals surface area contributed by atoms with Gasteiger partial charge < -0.3 is 20.9 Å². The highest BCUT2D eigenvalue weighted by molar-refractivity contribution is 5.80. The first-order chi connectivity index (χ1) is 14.8. The summed E-state index contributed by atoms with van der Waals surface area (Å²) in [5.41, 5.74) is -0.108. The van der Waals surface area contributed by atoms with Gasteiger partial charge in [-0.3, -0.25) is 4.99 Å². The van der Waals surface area contributed by atoms with E-state index < -0.39 is 11.9 Å². The normalized spacial score (nSPS) is 15.6. The van der Waals surface area contributed by atoms with Crippen LogP contribution < -0.4 is 20.9 Å². The number of halogens is 4. The molecule has 3 N–H and O–H groups in total. The molecule has 0 atom stereocenters. The highest BCUT2D eigenvalue weighted by Crippen LogP contribution is 2.27. The van der Waals surface area contributed by atoms with Crippen LogP contribution in [0.4, 0.5) is 29.2 Å². The maximum Gasteiger partial charge on any atom is 0.433 e. The fourth-order valence-corrected chi connectivity index (χ4v) is 3.30. The number of nitrogens with one attached hydrogen (secondary N) is 3. The molecule has 2 aromatic rings. The maximum absolute atomic E-state index is 13.4. The van der Waals surface area contributed by atoms with Crippen LogP contribution >= 0.6 is 0 Å². The lowest BCUT2D eigenvalue weighted by molar-refractivity contribution is -0.141. The van der Waals surface area contributed by atoms with Gasteiger partial charge in [0.05, 0.1) is 0 Å². The summed E-state index contributed by atoms with van der Waals surface area (Å²) in [6, 6.07) is 7.62. The number of hydrogen-bond donors (Lipinski definition) is 3. The van der Waals surface area contributed by atoms with Crippen LogP contribution in [-0.4, -0.2) is 55.2 Å². The largest absolute Gasteiger partial charge is 0.433 e. The van der Waals surface area contributed by atoms with Crippen LogP contribution in [0.3, 0.4) is 0 Å². The second-order valence-corrected chi connectivity index (χ2v) is 7.07. The Kier molecular flexibility index (Phi) is 7.48. The van der Waals surface area contributed by atoms with Crippen LogP contribution in [0, 0.1) is 5.82 Å². The summed E-state index contributed by atoms with van der Waals surface area (Å²) in [7, 11) is 1.65. The predicted molar refractivity (Wildman–Crippen MR) is 112 cm³/mol. The van der Waals surface area contributed by atoms with Crippen LogP contribution in [0.5, 0.6) is 0 Å². The number of benzene rings is 1. The zero-order valence-electron chi connectivity index (χ0n) is 17.1. The van der Waals surface area contributed by atoms with Crippen molar-refractivity contribution in [3.63, 3.8) is 0 Å². The van der Waals surface area contributed by atoms with E-state index in [0.29, 0.717) is 19.0 Å². The lowest BCUT2D eigenvalue weighted by atomic mass is 10.0. The molecular weight excluding hydrogens is 414 g/mol. The van der Waals surface area contributed by atoms with Crippen LogP contribution in [0.1, 0.15) is 18.5 Å². The van der Waals surface area contributed by atoms with E-state index in [9.17, 15) is 17.6 Å². The molecular formula is C20H25F4N7. The summed E-state index contributed by atoms with van der Waals surface area (Å²) in [4.78, 5) is 13.6. The second-order valence-electron chi connectivity index (χ2n) is 7.07. The molecule has 7 nitrogen and oxygen atoms in total. The number of rotatable bonds is 6. The number of hydrogen-bond acceptors (Lipinski definition) is 5. The van der Waals surface area contributed by atoms with Gasteiger partial charge >= 0.3 is 6.18 Å². The van der Waals surface area contributed by atoms with Crippen molar-refractivity contribution in [2.45, 2.75) is 25.1 Å². The lowest BCUT2D eigenvalue weighted by Gasteiger charge is -2.34. The Hall–Kier alpha value is -3.11. The van der Waals surface area contributed by atoms with Crippen LogP contribution in [0.2, 0.25) is 0 Å². The Morgan fingerprint density at radius 2 is 1.97 bits per heavy atom. The molecule has 2 heterocycles. The molecule has 0 aliphatic carbocycles. The number of anilines is 2. The zero-order chi connectivity index (χ0) is 22.3. The minimum absolute atomic E-state index is 0.0794. The average Bonchev–Trinajstić information content (AvgIpc) is 2.76. The Morgan fingerprint density at radius 3 is 2.65 bits per heavy atom. The molecule has 1 aromatic heterocycles.